The van der Waals surface area contributed by atoms with E-state index < -0.39 is 23.4 Å². The molecule has 0 amide bonds. The van der Waals surface area contributed by atoms with Crippen LogP contribution in [0.4, 0.5) is 13.2 Å². The van der Waals surface area contributed by atoms with Crippen LogP contribution in [-0.2, 0) is 11.2 Å². The van der Waals surface area contributed by atoms with E-state index in [1.165, 1.54) is 0 Å². The van der Waals surface area contributed by atoms with Crippen LogP contribution in [0.2, 0.25) is 0 Å². The molecule has 2 unspecified atom stereocenters. The van der Waals surface area contributed by atoms with Gasteiger partial charge in [0.25, 0.3) is 0 Å². The molecular weight excluding hydrogens is 307 g/mol. The molecule has 1 aromatic rings. The minimum atomic E-state index is -1.46. The average molecular weight is 324 g/mol. The number of piperidine rings is 1. The molecule has 1 heterocycles. The Balaban J connectivity index is 0.00000220. The molecule has 0 radical (unpaired) electrons. The third-order valence-electron chi connectivity index (χ3n) is 3.59. The minimum absolute atomic E-state index is 0. The van der Waals surface area contributed by atoms with Crippen molar-refractivity contribution in [1.82, 2.24) is 5.32 Å². The second-order valence-electron chi connectivity index (χ2n) is 5.22. The molecule has 1 fully saturated rings. The second kappa shape index (κ2) is 7.66. The topological polar surface area (TPSA) is 49.3 Å². The summed E-state index contributed by atoms with van der Waals surface area (Å²) in [7, 11) is 0. The van der Waals surface area contributed by atoms with Crippen molar-refractivity contribution in [2.24, 2.45) is 5.92 Å². The van der Waals surface area contributed by atoms with E-state index in [-0.39, 0.29) is 30.8 Å². The first-order valence-corrected chi connectivity index (χ1v) is 6.54. The van der Waals surface area contributed by atoms with Crippen molar-refractivity contribution >= 4 is 18.4 Å². The number of halogens is 4. The van der Waals surface area contributed by atoms with Gasteiger partial charge in [0.05, 0.1) is 0 Å². The standard InChI is InChI=1S/C14H16F3NO2.ClH/c15-11-5-9(6-12(16)14(11)17)4-10-3-8(1-2-18-10)7-13(19)20;/h5-6,8,10,18H,1-4,7H2,(H,19,20);1H. The van der Waals surface area contributed by atoms with Gasteiger partial charge in [-0.1, -0.05) is 0 Å². The molecule has 21 heavy (non-hydrogen) atoms. The van der Waals surface area contributed by atoms with Gasteiger partial charge in [0.15, 0.2) is 17.5 Å². The Morgan fingerprint density at radius 2 is 1.90 bits per heavy atom. The first-order valence-electron chi connectivity index (χ1n) is 6.54. The largest absolute Gasteiger partial charge is 0.481 e. The Hall–Kier alpha value is -1.27. The summed E-state index contributed by atoms with van der Waals surface area (Å²) in [5.74, 6) is -4.63. The normalized spacial score (nSPS) is 21.7. The molecule has 7 heteroatoms. The van der Waals surface area contributed by atoms with E-state index in [0.29, 0.717) is 24.9 Å². The summed E-state index contributed by atoms with van der Waals surface area (Å²) in [5.41, 5.74) is 0.370. The maximum Gasteiger partial charge on any atom is 0.303 e. The summed E-state index contributed by atoms with van der Waals surface area (Å²) in [4.78, 5) is 10.7. The molecule has 0 saturated carbocycles. The first-order chi connectivity index (χ1) is 9.45. The van der Waals surface area contributed by atoms with E-state index in [0.717, 1.165) is 18.6 Å². The van der Waals surface area contributed by atoms with Gasteiger partial charge in [0, 0.05) is 12.5 Å². The van der Waals surface area contributed by atoms with Gasteiger partial charge in [0.2, 0.25) is 0 Å². The number of carboxylic acids is 1. The third kappa shape index (κ3) is 4.89. The second-order valence-corrected chi connectivity index (χ2v) is 5.22. The van der Waals surface area contributed by atoms with Gasteiger partial charge in [-0.25, -0.2) is 13.2 Å². The highest BCUT2D eigenvalue weighted by atomic mass is 35.5. The van der Waals surface area contributed by atoms with Crippen LogP contribution in [0.3, 0.4) is 0 Å². The third-order valence-corrected chi connectivity index (χ3v) is 3.59. The molecule has 0 bridgehead atoms. The van der Waals surface area contributed by atoms with Crippen molar-refractivity contribution in [3.05, 3.63) is 35.1 Å². The van der Waals surface area contributed by atoms with Crippen molar-refractivity contribution in [1.29, 1.82) is 0 Å². The molecule has 2 rings (SSSR count). The molecule has 1 aliphatic rings. The van der Waals surface area contributed by atoms with Crippen LogP contribution in [0.1, 0.15) is 24.8 Å². The van der Waals surface area contributed by atoms with Crippen LogP contribution < -0.4 is 5.32 Å². The first kappa shape index (κ1) is 17.8. The Morgan fingerprint density at radius 1 is 1.29 bits per heavy atom. The number of carbonyl (C=O) groups is 1. The lowest BCUT2D eigenvalue weighted by Gasteiger charge is -2.29. The maximum absolute atomic E-state index is 13.1. The zero-order valence-corrected chi connectivity index (χ0v) is 12.1. The smallest absolute Gasteiger partial charge is 0.303 e. The van der Waals surface area contributed by atoms with E-state index >= 15 is 0 Å². The molecule has 3 nitrogen and oxygen atoms in total. The van der Waals surface area contributed by atoms with Crippen LogP contribution in [-0.4, -0.2) is 23.7 Å². The quantitative estimate of drug-likeness (QED) is 0.838. The fraction of sp³-hybridized carbons (Fsp3) is 0.500. The number of nitrogens with one attached hydrogen (secondary N) is 1. The number of rotatable bonds is 4. The van der Waals surface area contributed by atoms with Crippen LogP contribution in [0.25, 0.3) is 0 Å². The Morgan fingerprint density at radius 3 is 2.48 bits per heavy atom. The summed E-state index contributed by atoms with van der Waals surface area (Å²) in [6.45, 7) is 0.675. The van der Waals surface area contributed by atoms with Crippen molar-refractivity contribution < 1.29 is 23.1 Å². The van der Waals surface area contributed by atoms with Crippen LogP contribution in [0.5, 0.6) is 0 Å². The predicted octanol–water partition coefficient (Wildman–Crippen LogP) is 2.91. The van der Waals surface area contributed by atoms with Gasteiger partial charge < -0.3 is 10.4 Å². The molecule has 1 saturated heterocycles. The van der Waals surface area contributed by atoms with Gasteiger partial charge in [-0.2, -0.15) is 0 Å². The van der Waals surface area contributed by atoms with Gasteiger partial charge >= 0.3 is 5.97 Å². The number of benzene rings is 1. The Labute approximate surface area is 127 Å². The molecular formula is C14H17ClF3NO2. The van der Waals surface area contributed by atoms with Crippen LogP contribution in [0, 0.1) is 23.4 Å². The molecule has 0 aliphatic carbocycles. The highest BCUT2D eigenvalue weighted by Gasteiger charge is 2.24. The highest BCUT2D eigenvalue weighted by molar-refractivity contribution is 5.85. The van der Waals surface area contributed by atoms with E-state index in [1.807, 2.05) is 0 Å². The summed E-state index contributed by atoms with van der Waals surface area (Å²) < 4.78 is 39.1. The van der Waals surface area contributed by atoms with Gasteiger partial charge in [-0.15, -0.1) is 12.4 Å². The number of hydrogen-bond acceptors (Lipinski definition) is 2. The number of hydrogen-bond donors (Lipinski definition) is 2. The van der Waals surface area contributed by atoms with Crippen molar-refractivity contribution in [2.45, 2.75) is 31.7 Å². The van der Waals surface area contributed by atoms with Crippen LogP contribution >= 0.6 is 12.4 Å². The summed E-state index contributed by atoms with van der Waals surface area (Å²) in [6, 6.07) is 1.93. The zero-order valence-electron chi connectivity index (χ0n) is 11.2. The fourth-order valence-electron chi connectivity index (χ4n) is 2.69. The summed E-state index contributed by atoms with van der Waals surface area (Å²) >= 11 is 0. The Kier molecular flexibility index (Phi) is 6.48. The summed E-state index contributed by atoms with van der Waals surface area (Å²) in [6.07, 6.45) is 1.86. The zero-order chi connectivity index (χ0) is 14.7. The van der Waals surface area contributed by atoms with Crippen molar-refractivity contribution in [2.75, 3.05) is 6.54 Å². The van der Waals surface area contributed by atoms with E-state index in [4.69, 9.17) is 5.11 Å². The highest BCUT2D eigenvalue weighted by Crippen LogP contribution is 2.23. The van der Waals surface area contributed by atoms with E-state index in [1.54, 1.807) is 0 Å². The molecule has 2 atom stereocenters. The Bertz CT molecular complexity index is 490. The maximum atomic E-state index is 13.1. The number of carboxylic acid groups (broad SMARTS) is 1. The van der Waals surface area contributed by atoms with E-state index in [9.17, 15) is 18.0 Å². The lowest BCUT2D eigenvalue weighted by molar-refractivity contribution is -0.138. The van der Waals surface area contributed by atoms with Crippen molar-refractivity contribution in [3.8, 4) is 0 Å². The molecule has 1 aromatic carbocycles. The SMILES string of the molecule is Cl.O=C(O)CC1CCNC(Cc2cc(F)c(F)c(F)c2)C1. The molecule has 0 spiro atoms. The van der Waals surface area contributed by atoms with Gasteiger partial charge in [0.1, 0.15) is 0 Å². The fourth-order valence-corrected chi connectivity index (χ4v) is 2.69. The predicted molar refractivity (Wildman–Crippen MR) is 74.0 cm³/mol. The number of aliphatic carboxylic acids is 1. The average Bonchev–Trinajstić information content (AvgIpc) is 2.35. The monoisotopic (exact) mass is 323 g/mol. The minimum Gasteiger partial charge on any atom is -0.481 e. The van der Waals surface area contributed by atoms with Crippen LogP contribution in [0.15, 0.2) is 12.1 Å². The lowest BCUT2D eigenvalue weighted by atomic mass is 9.87. The molecule has 0 aromatic heterocycles. The van der Waals surface area contributed by atoms with Crippen molar-refractivity contribution in [3.63, 3.8) is 0 Å². The van der Waals surface area contributed by atoms with Gasteiger partial charge in [-0.3, -0.25) is 4.79 Å². The molecule has 1 aliphatic heterocycles. The molecule has 2 N–H and O–H groups in total. The van der Waals surface area contributed by atoms with Gasteiger partial charge in [-0.05, 0) is 49.4 Å². The van der Waals surface area contributed by atoms with E-state index in [2.05, 4.69) is 5.32 Å². The lowest BCUT2D eigenvalue weighted by Crippen LogP contribution is -2.40. The summed E-state index contributed by atoms with van der Waals surface area (Å²) in [5, 5.41) is 12.0. The molecule has 118 valence electrons.